The number of ether oxygens (including phenoxy) is 2. The largest absolute Gasteiger partial charge is 0.475 e. The normalized spacial score (nSPS) is 16.9. The molecule has 3 rings (SSSR count). The fourth-order valence-corrected chi connectivity index (χ4v) is 3.09. The second-order valence-electron chi connectivity index (χ2n) is 6.46. The van der Waals surface area contributed by atoms with Gasteiger partial charge < -0.3 is 14.4 Å². The second kappa shape index (κ2) is 8.01. The zero-order valence-electron chi connectivity index (χ0n) is 14.7. The highest BCUT2D eigenvalue weighted by Crippen LogP contribution is 2.36. The number of rotatable bonds is 5. The Morgan fingerprint density at radius 2 is 2.04 bits per heavy atom. The molecule has 0 N–H and O–H groups in total. The summed E-state index contributed by atoms with van der Waals surface area (Å²) >= 11 is 0. The monoisotopic (exact) mass is 340 g/mol. The number of hydrogen-bond donors (Lipinski definition) is 0. The van der Waals surface area contributed by atoms with Gasteiger partial charge in [0.2, 0.25) is 5.88 Å². The van der Waals surface area contributed by atoms with Gasteiger partial charge in [-0.1, -0.05) is 36.4 Å². The molecular weight excluding hydrogens is 316 g/mol. The number of amides is 1. The zero-order valence-corrected chi connectivity index (χ0v) is 14.7. The van der Waals surface area contributed by atoms with Gasteiger partial charge in [0.1, 0.15) is 6.61 Å². The van der Waals surface area contributed by atoms with E-state index in [0.717, 1.165) is 24.0 Å². The third-order valence-electron chi connectivity index (χ3n) is 4.20. The maximum Gasteiger partial charge on any atom is 0.410 e. The average molecular weight is 340 g/mol. The smallest absolute Gasteiger partial charge is 0.410 e. The van der Waals surface area contributed by atoms with E-state index in [0.29, 0.717) is 12.4 Å². The highest BCUT2D eigenvalue weighted by Gasteiger charge is 2.33. The lowest BCUT2D eigenvalue weighted by Gasteiger charge is -2.26. The summed E-state index contributed by atoms with van der Waals surface area (Å²) in [6.45, 7) is 4.91. The maximum absolute atomic E-state index is 12.6. The van der Waals surface area contributed by atoms with Crippen molar-refractivity contribution in [1.29, 1.82) is 0 Å². The summed E-state index contributed by atoms with van der Waals surface area (Å²) < 4.78 is 11.3. The van der Waals surface area contributed by atoms with Gasteiger partial charge in [-0.3, -0.25) is 0 Å². The first-order valence-corrected chi connectivity index (χ1v) is 8.74. The van der Waals surface area contributed by atoms with Crippen molar-refractivity contribution in [1.82, 2.24) is 9.88 Å². The molecule has 1 aliphatic heterocycles. The number of hydrogen-bond acceptors (Lipinski definition) is 4. The van der Waals surface area contributed by atoms with E-state index in [9.17, 15) is 4.79 Å². The van der Waals surface area contributed by atoms with E-state index in [1.165, 1.54) is 0 Å². The Morgan fingerprint density at radius 3 is 2.80 bits per heavy atom. The summed E-state index contributed by atoms with van der Waals surface area (Å²) in [5, 5.41) is 0. The summed E-state index contributed by atoms with van der Waals surface area (Å²) in [6.07, 6.45) is 3.30. The van der Waals surface area contributed by atoms with E-state index >= 15 is 0 Å². The van der Waals surface area contributed by atoms with Gasteiger partial charge >= 0.3 is 6.09 Å². The SMILES string of the molecule is CC(C)Oc1ncccc1[C@H]1CCCN1C(=O)OCc1ccccc1. The summed E-state index contributed by atoms with van der Waals surface area (Å²) in [6, 6.07) is 13.5. The molecule has 0 bridgehead atoms. The van der Waals surface area contributed by atoms with Gasteiger partial charge in [0, 0.05) is 18.3 Å². The fourth-order valence-electron chi connectivity index (χ4n) is 3.09. The van der Waals surface area contributed by atoms with Crippen molar-refractivity contribution in [2.75, 3.05) is 6.54 Å². The van der Waals surface area contributed by atoms with Crippen LogP contribution in [0.1, 0.15) is 43.9 Å². The van der Waals surface area contributed by atoms with Crippen LogP contribution in [-0.2, 0) is 11.3 Å². The van der Waals surface area contributed by atoms with Gasteiger partial charge in [-0.2, -0.15) is 0 Å². The Labute approximate surface area is 148 Å². The van der Waals surface area contributed by atoms with E-state index in [1.807, 2.05) is 56.3 Å². The minimum Gasteiger partial charge on any atom is -0.475 e. The molecule has 1 aliphatic rings. The molecule has 0 aliphatic carbocycles. The molecule has 5 nitrogen and oxygen atoms in total. The van der Waals surface area contributed by atoms with E-state index in [-0.39, 0.29) is 24.8 Å². The second-order valence-corrected chi connectivity index (χ2v) is 6.46. The maximum atomic E-state index is 12.6. The van der Waals surface area contributed by atoms with E-state index in [1.54, 1.807) is 11.1 Å². The van der Waals surface area contributed by atoms with Crippen molar-refractivity contribution in [3.05, 3.63) is 59.8 Å². The quantitative estimate of drug-likeness (QED) is 0.812. The zero-order chi connectivity index (χ0) is 17.6. The standard InChI is InChI=1S/C20H24N2O3/c1-15(2)25-19-17(10-6-12-21-19)18-11-7-13-22(18)20(23)24-14-16-8-4-3-5-9-16/h3-6,8-10,12,15,18H,7,11,13-14H2,1-2H3/t18-/m1/s1. The van der Waals surface area contributed by atoms with Gasteiger partial charge in [-0.25, -0.2) is 9.78 Å². The number of likely N-dealkylation sites (tertiary alicyclic amines) is 1. The minimum atomic E-state index is -0.286. The van der Waals surface area contributed by atoms with Crippen LogP contribution < -0.4 is 4.74 Å². The molecule has 0 saturated carbocycles. The van der Waals surface area contributed by atoms with Crippen molar-refractivity contribution in [3.8, 4) is 5.88 Å². The van der Waals surface area contributed by atoms with Gasteiger partial charge in [-0.15, -0.1) is 0 Å². The van der Waals surface area contributed by atoms with Crippen LogP contribution in [0.3, 0.4) is 0 Å². The van der Waals surface area contributed by atoms with Crippen molar-refractivity contribution in [3.63, 3.8) is 0 Å². The number of pyridine rings is 1. The van der Waals surface area contributed by atoms with Gasteiger partial charge in [0.25, 0.3) is 0 Å². The molecule has 25 heavy (non-hydrogen) atoms. The number of aromatic nitrogens is 1. The van der Waals surface area contributed by atoms with Crippen LogP contribution in [-0.4, -0.2) is 28.6 Å². The lowest BCUT2D eigenvalue weighted by molar-refractivity contribution is 0.0912. The number of carbonyl (C=O) groups is 1. The molecule has 1 fully saturated rings. The Morgan fingerprint density at radius 1 is 1.24 bits per heavy atom. The predicted octanol–water partition coefficient (Wildman–Crippen LogP) is 4.34. The number of carbonyl (C=O) groups excluding carboxylic acids is 1. The van der Waals surface area contributed by atoms with Crippen LogP contribution in [0.5, 0.6) is 5.88 Å². The third-order valence-corrected chi connectivity index (χ3v) is 4.20. The predicted molar refractivity (Wildman–Crippen MR) is 95.3 cm³/mol. The molecule has 1 amide bonds. The topological polar surface area (TPSA) is 51.7 Å². The number of nitrogens with zero attached hydrogens (tertiary/aromatic N) is 2. The van der Waals surface area contributed by atoms with Crippen molar-refractivity contribution in [2.24, 2.45) is 0 Å². The Hall–Kier alpha value is -2.56. The fraction of sp³-hybridized carbons (Fsp3) is 0.400. The van der Waals surface area contributed by atoms with E-state index in [4.69, 9.17) is 9.47 Å². The molecule has 5 heteroatoms. The lowest BCUT2D eigenvalue weighted by atomic mass is 10.1. The molecule has 0 spiro atoms. The summed E-state index contributed by atoms with van der Waals surface area (Å²) in [4.78, 5) is 18.7. The molecule has 1 aromatic heterocycles. The molecule has 1 atom stereocenters. The van der Waals surface area contributed by atoms with Gasteiger partial charge in [-0.05, 0) is 38.3 Å². The van der Waals surface area contributed by atoms with Gasteiger partial charge in [0.15, 0.2) is 0 Å². The Bertz CT molecular complexity index is 703. The van der Waals surface area contributed by atoms with Gasteiger partial charge in [0.05, 0.1) is 12.1 Å². The van der Waals surface area contributed by atoms with Crippen molar-refractivity contribution < 1.29 is 14.3 Å². The van der Waals surface area contributed by atoms with Crippen LogP contribution in [0.15, 0.2) is 48.7 Å². The molecule has 0 radical (unpaired) electrons. The summed E-state index contributed by atoms with van der Waals surface area (Å²) in [7, 11) is 0. The Balaban J connectivity index is 1.71. The minimum absolute atomic E-state index is 0.0357. The number of benzene rings is 1. The summed E-state index contributed by atoms with van der Waals surface area (Å²) in [5.74, 6) is 0.602. The van der Waals surface area contributed by atoms with Crippen molar-refractivity contribution in [2.45, 2.75) is 45.4 Å². The first-order valence-electron chi connectivity index (χ1n) is 8.74. The first-order chi connectivity index (χ1) is 12.1. The highest BCUT2D eigenvalue weighted by atomic mass is 16.6. The third kappa shape index (κ3) is 4.29. The van der Waals surface area contributed by atoms with Crippen LogP contribution >= 0.6 is 0 Å². The molecule has 1 saturated heterocycles. The van der Waals surface area contributed by atoms with Crippen molar-refractivity contribution >= 4 is 6.09 Å². The molecular formula is C20H24N2O3. The van der Waals surface area contributed by atoms with Crippen LogP contribution in [0, 0.1) is 0 Å². The van der Waals surface area contributed by atoms with Crippen LogP contribution in [0.25, 0.3) is 0 Å². The highest BCUT2D eigenvalue weighted by molar-refractivity contribution is 5.69. The first kappa shape index (κ1) is 17.3. The summed E-state index contributed by atoms with van der Waals surface area (Å²) in [5.41, 5.74) is 1.93. The molecule has 2 heterocycles. The molecule has 132 valence electrons. The molecule has 1 aromatic carbocycles. The molecule has 0 unspecified atom stereocenters. The van der Waals surface area contributed by atoms with E-state index in [2.05, 4.69) is 4.98 Å². The van der Waals surface area contributed by atoms with E-state index < -0.39 is 0 Å². The lowest BCUT2D eigenvalue weighted by Crippen LogP contribution is -2.31. The van der Waals surface area contributed by atoms with Crippen LogP contribution in [0.2, 0.25) is 0 Å². The molecule has 2 aromatic rings. The van der Waals surface area contributed by atoms with Crippen LogP contribution in [0.4, 0.5) is 4.79 Å². The average Bonchev–Trinajstić information content (AvgIpc) is 3.10. The Kier molecular flexibility index (Phi) is 5.53.